The van der Waals surface area contributed by atoms with Crippen LogP contribution in [0.2, 0.25) is 0 Å². The van der Waals surface area contributed by atoms with Crippen LogP contribution in [0.25, 0.3) is 0 Å². The summed E-state index contributed by atoms with van der Waals surface area (Å²) in [6, 6.07) is 0. The average Bonchev–Trinajstić information content (AvgIpc) is 2.19. The van der Waals surface area contributed by atoms with Crippen LogP contribution in [0, 0.1) is 0 Å². The van der Waals surface area contributed by atoms with Crippen LogP contribution in [0.5, 0.6) is 0 Å². The Bertz CT molecular complexity index is 213. The smallest absolute Gasteiger partial charge is 0.169 e. The van der Waals surface area contributed by atoms with Crippen LogP contribution in [0.15, 0.2) is 0 Å². The molecule has 1 rings (SSSR count). The molecule has 1 aliphatic heterocycles. The monoisotopic (exact) mass is 236 g/mol. The third-order valence-electron chi connectivity index (χ3n) is 2.05. The summed E-state index contributed by atoms with van der Waals surface area (Å²) in [5, 5.41) is 3.85. The highest BCUT2D eigenvalue weighted by molar-refractivity contribution is 7.85. The van der Waals surface area contributed by atoms with Crippen molar-refractivity contribution in [3.05, 3.63) is 0 Å². The Morgan fingerprint density at radius 1 is 1.57 bits per heavy atom. The van der Waals surface area contributed by atoms with Gasteiger partial charge >= 0.3 is 0 Å². The van der Waals surface area contributed by atoms with E-state index < -0.39 is 10.8 Å². The maximum Gasteiger partial charge on any atom is 0.169 e. The fourth-order valence-electron chi connectivity index (χ4n) is 1.21. The van der Waals surface area contributed by atoms with Crippen LogP contribution in [0.1, 0.15) is 0 Å². The summed E-state index contributed by atoms with van der Waals surface area (Å²) < 4.78 is 16.0. The SMILES string of the molecule is COCCNC(=S)N1CCS(=O)CC1. The summed E-state index contributed by atoms with van der Waals surface area (Å²) in [6.45, 7) is 2.98. The molecule has 0 radical (unpaired) electrons. The third kappa shape index (κ3) is 3.89. The molecule has 0 atom stereocenters. The first-order chi connectivity index (χ1) is 6.74. The first-order valence-electron chi connectivity index (χ1n) is 4.60. The summed E-state index contributed by atoms with van der Waals surface area (Å²) in [4.78, 5) is 2.06. The van der Waals surface area contributed by atoms with E-state index in [1.165, 1.54) is 0 Å². The normalized spacial score (nSPS) is 18.2. The van der Waals surface area contributed by atoms with Crippen LogP contribution in [-0.2, 0) is 15.5 Å². The largest absolute Gasteiger partial charge is 0.383 e. The van der Waals surface area contributed by atoms with Gasteiger partial charge in [-0.1, -0.05) is 0 Å². The summed E-state index contributed by atoms with van der Waals surface area (Å²) in [5.41, 5.74) is 0. The topological polar surface area (TPSA) is 41.6 Å². The van der Waals surface area contributed by atoms with E-state index in [9.17, 15) is 4.21 Å². The molecule has 0 aromatic rings. The van der Waals surface area contributed by atoms with E-state index in [0.717, 1.165) is 36.3 Å². The van der Waals surface area contributed by atoms with Gasteiger partial charge in [0.15, 0.2) is 5.11 Å². The van der Waals surface area contributed by atoms with Crippen molar-refractivity contribution in [2.75, 3.05) is 44.9 Å². The van der Waals surface area contributed by atoms with Gasteiger partial charge in [0.05, 0.1) is 6.61 Å². The molecule has 0 saturated carbocycles. The molecule has 0 spiro atoms. The Balaban J connectivity index is 2.20. The maximum atomic E-state index is 11.1. The molecule has 0 aliphatic carbocycles. The summed E-state index contributed by atoms with van der Waals surface area (Å²) >= 11 is 5.19. The molecule has 0 amide bonds. The molecule has 1 N–H and O–H groups in total. The Labute approximate surface area is 92.4 Å². The molecule has 14 heavy (non-hydrogen) atoms. The summed E-state index contributed by atoms with van der Waals surface area (Å²) in [6.07, 6.45) is 0. The highest BCUT2D eigenvalue weighted by Gasteiger charge is 2.16. The molecule has 1 saturated heterocycles. The van der Waals surface area contributed by atoms with Crippen LogP contribution >= 0.6 is 12.2 Å². The van der Waals surface area contributed by atoms with Crippen molar-refractivity contribution in [3.63, 3.8) is 0 Å². The van der Waals surface area contributed by atoms with Gasteiger partial charge < -0.3 is 15.0 Å². The molecule has 6 heteroatoms. The van der Waals surface area contributed by atoms with Crippen molar-refractivity contribution < 1.29 is 8.95 Å². The van der Waals surface area contributed by atoms with Gasteiger partial charge in [0.1, 0.15) is 0 Å². The van der Waals surface area contributed by atoms with Crippen molar-refractivity contribution in [3.8, 4) is 0 Å². The van der Waals surface area contributed by atoms with Crippen molar-refractivity contribution >= 4 is 28.1 Å². The van der Waals surface area contributed by atoms with Gasteiger partial charge in [0.25, 0.3) is 0 Å². The van der Waals surface area contributed by atoms with E-state index in [1.54, 1.807) is 7.11 Å². The zero-order valence-electron chi connectivity index (χ0n) is 8.32. The number of rotatable bonds is 3. The first-order valence-corrected chi connectivity index (χ1v) is 6.50. The molecule has 82 valence electrons. The number of thiocarbonyl (C=S) groups is 1. The lowest BCUT2D eigenvalue weighted by atomic mass is 10.5. The number of ether oxygens (including phenoxy) is 1. The average molecular weight is 236 g/mol. The Morgan fingerprint density at radius 2 is 2.21 bits per heavy atom. The second kappa shape index (κ2) is 6.31. The number of methoxy groups -OCH3 is 1. The lowest BCUT2D eigenvalue weighted by Gasteiger charge is -2.28. The van der Waals surface area contributed by atoms with Gasteiger partial charge in [-0.25, -0.2) is 0 Å². The molecule has 4 nitrogen and oxygen atoms in total. The van der Waals surface area contributed by atoms with Gasteiger partial charge in [-0.15, -0.1) is 0 Å². The fourth-order valence-corrected chi connectivity index (χ4v) is 2.55. The predicted octanol–water partition coefficient (Wildman–Crippen LogP) is -0.428. The highest BCUT2D eigenvalue weighted by atomic mass is 32.2. The van der Waals surface area contributed by atoms with E-state index in [2.05, 4.69) is 10.2 Å². The van der Waals surface area contributed by atoms with E-state index >= 15 is 0 Å². The van der Waals surface area contributed by atoms with E-state index in [1.807, 2.05) is 0 Å². The molecular weight excluding hydrogens is 220 g/mol. The predicted molar refractivity (Wildman–Crippen MR) is 61.9 cm³/mol. The second-order valence-electron chi connectivity index (χ2n) is 3.06. The van der Waals surface area contributed by atoms with Crippen LogP contribution in [-0.4, -0.2) is 59.1 Å². The van der Waals surface area contributed by atoms with Crippen LogP contribution < -0.4 is 5.32 Å². The van der Waals surface area contributed by atoms with Crippen LogP contribution in [0.3, 0.4) is 0 Å². The van der Waals surface area contributed by atoms with E-state index in [-0.39, 0.29) is 0 Å². The lowest BCUT2D eigenvalue weighted by molar-refractivity contribution is 0.203. The van der Waals surface area contributed by atoms with Crippen LogP contribution in [0.4, 0.5) is 0 Å². The Kier molecular flexibility index (Phi) is 5.36. The van der Waals surface area contributed by atoms with Crippen molar-refractivity contribution in [1.29, 1.82) is 0 Å². The minimum atomic E-state index is -0.639. The van der Waals surface area contributed by atoms with Gasteiger partial charge in [-0.3, -0.25) is 4.21 Å². The van der Waals surface area contributed by atoms with Crippen molar-refractivity contribution in [2.24, 2.45) is 0 Å². The standard InChI is InChI=1S/C8H16N2O2S2/c1-12-5-2-9-8(13)10-3-6-14(11)7-4-10/h2-7H2,1H3,(H,9,13). The zero-order valence-corrected chi connectivity index (χ0v) is 9.96. The molecule has 1 heterocycles. The molecule has 1 fully saturated rings. The summed E-state index contributed by atoms with van der Waals surface area (Å²) in [5.74, 6) is 1.46. The fraction of sp³-hybridized carbons (Fsp3) is 0.875. The maximum absolute atomic E-state index is 11.1. The molecule has 0 unspecified atom stereocenters. The number of nitrogens with zero attached hydrogens (tertiary/aromatic N) is 1. The first kappa shape index (κ1) is 11.9. The van der Waals surface area contributed by atoms with Gasteiger partial charge in [0, 0.05) is 49.0 Å². The highest BCUT2D eigenvalue weighted by Crippen LogP contribution is 2.00. The molecule has 0 aromatic heterocycles. The van der Waals surface area contributed by atoms with E-state index in [0.29, 0.717) is 6.61 Å². The van der Waals surface area contributed by atoms with Gasteiger partial charge in [-0.05, 0) is 12.2 Å². The summed E-state index contributed by atoms with van der Waals surface area (Å²) in [7, 11) is 1.02. The van der Waals surface area contributed by atoms with Gasteiger partial charge in [0.2, 0.25) is 0 Å². The lowest BCUT2D eigenvalue weighted by Crippen LogP contribution is -2.47. The second-order valence-corrected chi connectivity index (χ2v) is 5.14. The Hall–Kier alpha value is -0.200. The number of nitrogens with one attached hydrogen (secondary N) is 1. The van der Waals surface area contributed by atoms with Crippen molar-refractivity contribution in [1.82, 2.24) is 10.2 Å². The zero-order chi connectivity index (χ0) is 10.4. The number of hydrogen-bond donors (Lipinski definition) is 1. The third-order valence-corrected chi connectivity index (χ3v) is 3.73. The Morgan fingerprint density at radius 3 is 2.79 bits per heavy atom. The number of hydrogen-bond acceptors (Lipinski definition) is 3. The minimum absolute atomic E-state index is 0.639. The minimum Gasteiger partial charge on any atom is -0.383 e. The molecule has 1 aliphatic rings. The van der Waals surface area contributed by atoms with Crippen molar-refractivity contribution in [2.45, 2.75) is 0 Å². The molecular formula is C8H16N2O2S2. The molecule has 0 aromatic carbocycles. The van der Waals surface area contributed by atoms with Gasteiger partial charge in [-0.2, -0.15) is 0 Å². The molecule has 0 bridgehead atoms. The quantitative estimate of drug-likeness (QED) is 0.532. The van der Waals surface area contributed by atoms with E-state index in [4.69, 9.17) is 17.0 Å².